The summed E-state index contributed by atoms with van der Waals surface area (Å²) < 4.78 is 1.91. The summed E-state index contributed by atoms with van der Waals surface area (Å²) in [5.41, 5.74) is 2.10. The molecule has 1 aromatic heterocycles. The number of imidazole rings is 1. The van der Waals surface area contributed by atoms with E-state index in [-0.39, 0.29) is 11.9 Å². The van der Waals surface area contributed by atoms with Gasteiger partial charge in [-0.25, -0.2) is 4.98 Å². The first-order valence-corrected chi connectivity index (χ1v) is 8.57. The standard InChI is InChI=1S/C20H20ClN3O/c1-24-14-13-22-20(24)19(16-8-10-17(21)11-9-16)23-18(25)12-7-15-5-3-2-4-6-15/h2-6,8-11,13-14,19H,7,12H2,1H3,(H,23,25)/t19-/m1/s1. The number of nitrogens with one attached hydrogen (secondary N) is 1. The van der Waals surface area contributed by atoms with Crippen molar-refractivity contribution in [1.82, 2.24) is 14.9 Å². The lowest BCUT2D eigenvalue weighted by molar-refractivity contribution is -0.121. The summed E-state index contributed by atoms with van der Waals surface area (Å²) >= 11 is 5.99. The molecular formula is C20H20ClN3O. The van der Waals surface area contributed by atoms with Crippen molar-refractivity contribution in [2.45, 2.75) is 18.9 Å². The van der Waals surface area contributed by atoms with Gasteiger partial charge in [0.1, 0.15) is 11.9 Å². The van der Waals surface area contributed by atoms with Crippen LogP contribution in [0.2, 0.25) is 5.02 Å². The average molecular weight is 354 g/mol. The number of amides is 1. The van der Waals surface area contributed by atoms with Crippen LogP contribution in [0.4, 0.5) is 0 Å². The van der Waals surface area contributed by atoms with Gasteiger partial charge < -0.3 is 9.88 Å². The summed E-state index contributed by atoms with van der Waals surface area (Å²) in [6, 6.07) is 17.2. The normalized spacial score (nSPS) is 11.9. The third kappa shape index (κ3) is 4.48. The highest BCUT2D eigenvalue weighted by Crippen LogP contribution is 2.22. The molecule has 25 heavy (non-hydrogen) atoms. The van der Waals surface area contributed by atoms with Crippen molar-refractivity contribution in [1.29, 1.82) is 0 Å². The molecule has 0 spiro atoms. The van der Waals surface area contributed by atoms with E-state index in [1.54, 1.807) is 6.20 Å². The van der Waals surface area contributed by atoms with Crippen LogP contribution in [0, 0.1) is 0 Å². The highest BCUT2D eigenvalue weighted by molar-refractivity contribution is 6.30. The van der Waals surface area contributed by atoms with Crippen molar-refractivity contribution in [2.75, 3.05) is 0 Å². The number of aryl methyl sites for hydroxylation is 2. The van der Waals surface area contributed by atoms with Gasteiger partial charge in [-0.1, -0.05) is 54.1 Å². The third-order valence-electron chi connectivity index (χ3n) is 4.11. The Kier molecular flexibility index (Phi) is 5.51. The van der Waals surface area contributed by atoms with Gasteiger partial charge >= 0.3 is 0 Å². The minimum Gasteiger partial charge on any atom is -0.342 e. The molecule has 1 N–H and O–H groups in total. The van der Waals surface area contributed by atoms with Crippen LogP contribution in [0.3, 0.4) is 0 Å². The molecule has 3 rings (SSSR count). The molecule has 0 aliphatic carbocycles. The van der Waals surface area contributed by atoms with Crippen molar-refractivity contribution in [2.24, 2.45) is 7.05 Å². The van der Waals surface area contributed by atoms with Crippen molar-refractivity contribution >= 4 is 17.5 Å². The zero-order valence-corrected chi connectivity index (χ0v) is 14.8. The maximum atomic E-state index is 12.5. The fourth-order valence-electron chi connectivity index (χ4n) is 2.74. The van der Waals surface area contributed by atoms with Crippen LogP contribution in [0.15, 0.2) is 67.0 Å². The van der Waals surface area contributed by atoms with Crippen LogP contribution in [-0.4, -0.2) is 15.5 Å². The highest BCUT2D eigenvalue weighted by atomic mass is 35.5. The van der Waals surface area contributed by atoms with Crippen molar-refractivity contribution in [3.05, 3.63) is 89.0 Å². The summed E-state index contributed by atoms with van der Waals surface area (Å²) in [5, 5.41) is 3.77. The molecule has 1 heterocycles. The predicted molar refractivity (Wildman–Crippen MR) is 99.4 cm³/mol. The first kappa shape index (κ1) is 17.2. The van der Waals surface area contributed by atoms with E-state index in [9.17, 15) is 4.79 Å². The van der Waals surface area contributed by atoms with E-state index in [0.29, 0.717) is 17.9 Å². The number of carbonyl (C=O) groups is 1. The van der Waals surface area contributed by atoms with Gasteiger partial charge in [0.15, 0.2) is 0 Å². The van der Waals surface area contributed by atoms with E-state index in [1.165, 1.54) is 0 Å². The average Bonchev–Trinajstić information content (AvgIpc) is 3.05. The summed E-state index contributed by atoms with van der Waals surface area (Å²) in [6.45, 7) is 0. The van der Waals surface area contributed by atoms with Gasteiger partial charge in [-0.3, -0.25) is 4.79 Å². The maximum Gasteiger partial charge on any atom is 0.221 e. The number of hydrogen-bond donors (Lipinski definition) is 1. The largest absolute Gasteiger partial charge is 0.342 e. The number of hydrogen-bond acceptors (Lipinski definition) is 2. The number of rotatable bonds is 6. The van der Waals surface area contributed by atoms with Gasteiger partial charge in [-0.15, -0.1) is 0 Å². The second kappa shape index (κ2) is 7.99. The lowest BCUT2D eigenvalue weighted by Gasteiger charge is -2.19. The number of benzene rings is 2. The first-order chi connectivity index (χ1) is 12.1. The molecule has 2 aromatic carbocycles. The van der Waals surface area contributed by atoms with Crippen molar-refractivity contribution in [3.63, 3.8) is 0 Å². The number of halogens is 1. The second-order valence-electron chi connectivity index (χ2n) is 5.93. The Balaban J connectivity index is 1.74. The van der Waals surface area contributed by atoms with Gasteiger partial charge in [-0.05, 0) is 29.7 Å². The molecule has 128 valence electrons. The van der Waals surface area contributed by atoms with Crippen molar-refractivity contribution < 1.29 is 4.79 Å². The predicted octanol–water partition coefficient (Wildman–Crippen LogP) is 3.91. The topological polar surface area (TPSA) is 46.9 Å². The maximum absolute atomic E-state index is 12.5. The molecule has 0 bridgehead atoms. The smallest absolute Gasteiger partial charge is 0.221 e. The molecule has 0 unspecified atom stereocenters. The van der Waals surface area contributed by atoms with E-state index < -0.39 is 0 Å². The Morgan fingerprint density at radius 1 is 1.16 bits per heavy atom. The zero-order chi connectivity index (χ0) is 17.6. The van der Waals surface area contributed by atoms with Gasteiger partial charge in [0.25, 0.3) is 0 Å². The Labute approximate surface area is 152 Å². The Morgan fingerprint density at radius 3 is 2.52 bits per heavy atom. The molecule has 1 amide bonds. The minimum atomic E-state index is -0.305. The van der Waals surface area contributed by atoms with Gasteiger partial charge in [0.2, 0.25) is 5.91 Å². The first-order valence-electron chi connectivity index (χ1n) is 8.19. The Bertz CT molecular complexity index is 828. The van der Waals surface area contributed by atoms with Crippen LogP contribution >= 0.6 is 11.6 Å². The Hall–Kier alpha value is -2.59. The zero-order valence-electron chi connectivity index (χ0n) is 14.0. The molecule has 5 heteroatoms. The van der Waals surface area contributed by atoms with Crippen LogP contribution in [0.25, 0.3) is 0 Å². The van der Waals surface area contributed by atoms with Crippen LogP contribution < -0.4 is 5.32 Å². The molecule has 4 nitrogen and oxygen atoms in total. The minimum absolute atomic E-state index is 0.00759. The number of aromatic nitrogens is 2. The lowest BCUT2D eigenvalue weighted by Crippen LogP contribution is -2.31. The molecule has 0 radical (unpaired) electrons. The number of carbonyl (C=O) groups excluding carboxylic acids is 1. The molecular weight excluding hydrogens is 334 g/mol. The van der Waals surface area contributed by atoms with E-state index >= 15 is 0 Å². The molecule has 0 saturated heterocycles. The second-order valence-corrected chi connectivity index (χ2v) is 6.37. The van der Waals surface area contributed by atoms with E-state index in [2.05, 4.69) is 10.3 Å². The van der Waals surface area contributed by atoms with Crippen LogP contribution in [0.1, 0.15) is 29.4 Å². The summed E-state index contributed by atoms with van der Waals surface area (Å²) in [7, 11) is 1.92. The van der Waals surface area contributed by atoms with Gasteiger partial charge in [0.05, 0.1) is 0 Å². The van der Waals surface area contributed by atoms with Gasteiger partial charge in [0, 0.05) is 30.9 Å². The number of nitrogens with zero attached hydrogens (tertiary/aromatic N) is 2. The van der Waals surface area contributed by atoms with Crippen molar-refractivity contribution in [3.8, 4) is 0 Å². The SMILES string of the molecule is Cn1ccnc1[C@H](NC(=O)CCc1ccccc1)c1ccc(Cl)cc1. The summed E-state index contributed by atoms with van der Waals surface area (Å²) in [4.78, 5) is 16.9. The van der Waals surface area contributed by atoms with E-state index in [4.69, 9.17) is 11.6 Å². The van der Waals surface area contributed by atoms with Crippen LogP contribution in [0.5, 0.6) is 0 Å². The molecule has 0 saturated carbocycles. The quantitative estimate of drug-likeness (QED) is 0.730. The van der Waals surface area contributed by atoms with Gasteiger partial charge in [-0.2, -0.15) is 0 Å². The molecule has 0 aliphatic rings. The fourth-order valence-corrected chi connectivity index (χ4v) is 2.87. The fraction of sp³-hybridized carbons (Fsp3) is 0.200. The molecule has 1 atom stereocenters. The third-order valence-corrected chi connectivity index (χ3v) is 4.36. The van der Waals surface area contributed by atoms with E-state index in [0.717, 1.165) is 17.0 Å². The van der Waals surface area contributed by atoms with E-state index in [1.807, 2.05) is 72.4 Å². The monoisotopic (exact) mass is 353 g/mol. The van der Waals surface area contributed by atoms with Crippen LogP contribution in [-0.2, 0) is 18.3 Å². The molecule has 0 aliphatic heterocycles. The molecule has 0 fully saturated rings. The Morgan fingerprint density at radius 2 is 1.88 bits per heavy atom. The molecule has 3 aromatic rings. The lowest BCUT2D eigenvalue weighted by atomic mass is 10.0. The highest BCUT2D eigenvalue weighted by Gasteiger charge is 2.20. The summed E-state index contributed by atoms with van der Waals surface area (Å²) in [6.07, 6.45) is 4.74. The summed E-state index contributed by atoms with van der Waals surface area (Å²) in [5.74, 6) is 0.780.